The lowest BCUT2D eigenvalue weighted by atomic mass is 9.77. The lowest BCUT2D eigenvalue weighted by Crippen LogP contribution is -2.26. The predicted octanol–water partition coefficient (Wildman–Crippen LogP) is 0.0382. The molecule has 3 N–H and O–H groups in total. The molecule has 1 aromatic carbocycles. The second kappa shape index (κ2) is 3.83. The number of rotatable bonds is 0. The van der Waals surface area contributed by atoms with Gasteiger partial charge in [-0.1, -0.05) is 0 Å². The SMILES string of the molecule is [B]c1c(O)c(O)c(O)c2c1-c1ncccc1C(=O)C2=O. The van der Waals surface area contributed by atoms with Crippen molar-refractivity contribution in [1.82, 2.24) is 4.98 Å². The van der Waals surface area contributed by atoms with Crippen molar-refractivity contribution in [3.05, 3.63) is 29.5 Å². The van der Waals surface area contributed by atoms with Crippen LogP contribution in [0.25, 0.3) is 11.3 Å². The number of benzene rings is 1. The molecule has 7 heteroatoms. The van der Waals surface area contributed by atoms with Crippen molar-refractivity contribution >= 4 is 24.9 Å². The first-order valence-corrected chi connectivity index (χ1v) is 5.55. The number of phenols is 3. The van der Waals surface area contributed by atoms with Gasteiger partial charge in [-0.2, -0.15) is 0 Å². The van der Waals surface area contributed by atoms with Gasteiger partial charge < -0.3 is 15.3 Å². The molecular formula is C13H6BNO5. The second-order valence-corrected chi connectivity index (χ2v) is 4.27. The van der Waals surface area contributed by atoms with E-state index >= 15 is 0 Å². The topological polar surface area (TPSA) is 108 Å². The lowest BCUT2D eigenvalue weighted by Gasteiger charge is -2.21. The van der Waals surface area contributed by atoms with Crippen LogP contribution in [0.5, 0.6) is 17.2 Å². The van der Waals surface area contributed by atoms with Gasteiger partial charge >= 0.3 is 0 Å². The molecule has 1 heterocycles. The largest absolute Gasteiger partial charge is 0.505 e. The Bertz CT molecular complexity index is 800. The summed E-state index contributed by atoms with van der Waals surface area (Å²) in [6.07, 6.45) is 1.38. The molecule has 3 rings (SSSR count). The molecule has 0 aliphatic heterocycles. The fourth-order valence-electron chi connectivity index (χ4n) is 2.22. The molecule has 0 unspecified atom stereocenters. The van der Waals surface area contributed by atoms with Gasteiger partial charge in [-0.15, -0.1) is 0 Å². The summed E-state index contributed by atoms with van der Waals surface area (Å²) in [7, 11) is 5.67. The Morgan fingerprint density at radius 2 is 1.65 bits per heavy atom. The monoisotopic (exact) mass is 267 g/mol. The van der Waals surface area contributed by atoms with E-state index in [2.05, 4.69) is 4.98 Å². The third-order valence-electron chi connectivity index (χ3n) is 3.18. The first-order chi connectivity index (χ1) is 9.45. The van der Waals surface area contributed by atoms with Crippen molar-refractivity contribution in [3.63, 3.8) is 0 Å². The van der Waals surface area contributed by atoms with Gasteiger partial charge in [0.25, 0.3) is 0 Å². The number of hydrogen-bond acceptors (Lipinski definition) is 6. The standard InChI is InChI=1S/C13H6BNO5/c14-7-5-6(11(18)13(20)12(7)19)10(17)9(16)4-2-1-3-15-8(4)5/h1-3,18-20H. The summed E-state index contributed by atoms with van der Waals surface area (Å²) >= 11 is 0. The van der Waals surface area contributed by atoms with Gasteiger partial charge in [0.15, 0.2) is 17.2 Å². The minimum atomic E-state index is -1.01. The molecule has 2 radical (unpaired) electrons. The summed E-state index contributed by atoms with van der Waals surface area (Å²) in [5, 5.41) is 29.0. The van der Waals surface area contributed by atoms with Crippen molar-refractivity contribution in [2.75, 3.05) is 0 Å². The number of ketones is 2. The number of aromatic hydroxyl groups is 3. The number of hydrogen-bond donors (Lipinski definition) is 3. The average Bonchev–Trinajstić information content (AvgIpc) is 2.46. The molecule has 1 aromatic heterocycles. The van der Waals surface area contributed by atoms with Crippen LogP contribution in [-0.2, 0) is 0 Å². The number of phenolic OH excluding ortho intramolecular Hbond substituents is 3. The zero-order valence-electron chi connectivity index (χ0n) is 9.91. The molecule has 0 bridgehead atoms. The van der Waals surface area contributed by atoms with E-state index in [1.54, 1.807) is 0 Å². The highest BCUT2D eigenvalue weighted by Gasteiger charge is 2.37. The molecule has 0 fully saturated rings. The Morgan fingerprint density at radius 3 is 2.35 bits per heavy atom. The van der Waals surface area contributed by atoms with Crippen LogP contribution in [0.4, 0.5) is 0 Å². The van der Waals surface area contributed by atoms with E-state index in [-0.39, 0.29) is 22.3 Å². The first kappa shape index (κ1) is 12.2. The summed E-state index contributed by atoms with van der Waals surface area (Å²) in [5.41, 5.74) is -0.723. The molecule has 96 valence electrons. The fraction of sp³-hybridized carbons (Fsp3) is 0. The molecule has 6 nitrogen and oxygen atoms in total. The number of carbonyl (C=O) groups excluding carboxylic acids is 2. The first-order valence-electron chi connectivity index (χ1n) is 5.55. The summed E-state index contributed by atoms with van der Waals surface area (Å²) in [5.74, 6) is -4.47. The van der Waals surface area contributed by atoms with Crippen LogP contribution in [0.1, 0.15) is 20.7 Å². The Balaban J connectivity index is 2.54. The molecule has 20 heavy (non-hydrogen) atoms. The minimum absolute atomic E-state index is 0.0289. The Kier molecular flexibility index (Phi) is 2.34. The molecule has 0 saturated heterocycles. The third kappa shape index (κ3) is 1.31. The molecular weight excluding hydrogens is 261 g/mol. The molecule has 0 amide bonds. The van der Waals surface area contributed by atoms with Gasteiger partial charge in [0.1, 0.15) is 7.85 Å². The highest BCUT2D eigenvalue weighted by Crippen LogP contribution is 2.44. The van der Waals surface area contributed by atoms with Crippen molar-refractivity contribution < 1.29 is 24.9 Å². The van der Waals surface area contributed by atoms with Crippen molar-refractivity contribution in [1.29, 1.82) is 0 Å². The van der Waals surface area contributed by atoms with Crippen LogP contribution in [0.2, 0.25) is 0 Å². The maximum absolute atomic E-state index is 12.0. The second-order valence-electron chi connectivity index (χ2n) is 4.27. The van der Waals surface area contributed by atoms with Gasteiger partial charge in [0, 0.05) is 11.8 Å². The lowest BCUT2D eigenvalue weighted by molar-refractivity contribution is 0.0813. The van der Waals surface area contributed by atoms with E-state index in [4.69, 9.17) is 7.85 Å². The van der Waals surface area contributed by atoms with Crippen LogP contribution in [0, 0.1) is 0 Å². The quantitative estimate of drug-likeness (QED) is 0.353. The number of fused-ring (bicyclic) bond motifs is 3. The van der Waals surface area contributed by atoms with Crippen LogP contribution in [-0.4, -0.2) is 39.7 Å². The van der Waals surface area contributed by atoms with E-state index < -0.39 is 34.4 Å². The predicted molar refractivity (Wildman–Crippen MR) is 68.7 cm³/mol. The van der Waals surface area contributed by atoms with Crippen LogP contribution in [0.3, 0.4) is 0 Å². The van der Waals surface area contributed by atoms with E-state index in [0.717, 1.165) is 0 Å². The summed E-state index contributed by atoms with van der Waals surface area (Å²) in [6.45, 7) is 0. The van der Waals surface area contributed by atoms with Crippen molar-refractivity contribution in [2.45, 2.75) is 0 Å². The van der Waals surface area contributed by atoms with E-state index in [1.807, 2.05) is 0 Å². The van der Waals surface area contributed by atoms with Gasteiger partial charge in [-0.25, -0.2) is 0 Å². The molecule has 0 spiro atoms. The summed E-state index contributed by atoms with van der Waals surface area (Å²) in [4.78, 5) is 27.9. The average molecular weight is 267 g/mol. The summed E-state index contributed by atoms with van der Waals surface area (Å²) in [6, 6.07) is 2.87. The number of aromatic nitrogens is 1. The van der Waals surface area contributed by atoms with Gasteiger partial charge in [0.2, 0.25) is 11.6 Å². The minimum Gasteiger partial charge on any atom is -0.505 e. The molecule has 1 aliphatic carbocycles. The van der Waals surface area contributed by atoms with E-state index in [0.29, 0.717) is 0 Å². The molecule has 2 aromatic rings. The van der Waals surface area contributed by atoms with Crippen molar-refractivity contribution in [3.8, 4) is 28.5 Å². The van der Waals surface area contributed by atoms with Gasteiger partial charge in [-0.05, 0) is 17.6 Å². The smallest absolute Gasteiger partial charge is 0.238 e. The Labute approximate surface area is 113 Å². The zero-order valence-corrected chi connectivity index (χ0v) is 9.91. The maximum Gasteiger partial charge on any atom is 0.238 e. The summed E-state index contributed by atoms with van der Waals surface area (Å²) < 4.78 is 0. The molecule has 0 atom stereocenters. The fourth-order valence-corrected chi connectivity index (χ4v) is 2.22. The Morgan fingerprint density at radius 1 is 0.950 bits per heavy atom. The maximum atomic E-state index is 12.0. The zero-order chi connectivity index (χ0) is 14.6. The van der Waals surface area contributed by atoms with Crippen LogP contribution in [0.15, 0.2) is 18.3 Å². The Hall–Kier alpha value is -2.83. The highest BCUT2D eigenvalue weighted by molar-refractivity contribution is 6.55. The van der Waals surface area contributed by atoms with E-state index in [1.165, 1.54) is 18.3 Å². The molecule has 0 saturated carbocycles. The number of nitrogens with zero attached hydrogens (tertiary/aromatic N) is 1. The van der Waals surface area contributed by atoms with Crippen molar-refractivity contribution in [2.24, 2.45) is 0 Å². The number of Topliss-reactive ketones (excluding diaryl/α,β-unsaturated/α-hetero) is 2. The molecule has 1 aliphatic rings. The highest BCUT2D eigenvalue weighted by atomic mass is 16.3. The van der Waals surface area contributed by atoms with Crippen LogP contribution >= 0.6 is 0 Å². The van der Waals surface area contributed by atoms with Crippen LogP contribution < -0.4 is 5.46 Å². The third-order valence-corrected chi connectivity index (χ3v) is 3.18. The van der Waals surface area contributed by atoms with Gasteiger partial charge in [-0.3, -0.25) is 14.6 Å². The normalized spacial score (nSPS) is 13.0. The van der Waals surface area contributed by atoms with Gasteiger partial charge in [0.05, 0.1) is 16.8 Å². The number of carbonyl (C=O) groups is 2. The number of pyridine rings is 1. The van der Waals surface area contributed by atoms with E-state index in [9.17, 15) is 24.9 Å².